The number of aromatic nitrogens is 3. The van der Waals surface area contributed by atoms with Gasteiger partial charge in [0.05, 0.1) is 18.4 Å². The third-order valence-electron chi connectivity index (χ3n) is 4.49. The first-order valence-electron chi connectivity index (χ1n) is 9.05. The van der Waals surface area contributed by atoms with Gasteiger partial charge in [0.25, 0.3) is 5.91 Å². The summed E-state index contributed by atoms with van der Waals surface area (Å²) in [5, 5.41) is 12.3. The lowest BCUT2D eigenvalue weighted by atomic mass is 10.1. The van der Waals surface area contributed by atoms with E-state index in [-0.39, 0.29) is 5.91 Å². The van der Waals surface area contributed by atoms with E-state index < -0.39 is 0 Å². The number of anilines is 1. The first-order valence-corrected chi connectivity index (χ1v) is 10.8. The van der Waals surface area contributed by atoms with Crippen molar-refractivity contribution in [2.45, 2.75) is 26.8 Å². The predicted molar refractivity (Wildman–Crippen MR) is 115 cm³/mol. The molecule has 0 aliphatic carbocycles. The molecule has 0 radical (unpaired) electrons. The van der Waals surface area contributed by atoms with Gasteiger partial charge in [-0.05, 0) is 35.9 Å². The summed E-state index contributed by atoms with van der Waals surface area (Å²) < 4.78 is 1.80. The summed E-state index contributed by atoms with van der Waals surface area (Å²) in [7, 11) is 0. The molecule has 0 saturated heterocycles. The molecule has 1 N–H and O–H groups in total. The molecule has 142 valence electrons. The minimum atomic E-state index is -0.153. The summed E-state index contributed by atoms with van der Waals surface area (Å²) in [6.45, 7) is 4.61. The van der Waals surface area contributed by atoms with E-state index in [1.165, 1.54) is 16.9 Å². The van der Waals surface area contributed by atoms with Crippen molar-refractivity contribution in [1.29, 1.82) is 0 Å². The number of aryl methyl sites for hydroxylation is 2. The second kappa shape index (κ2) is 8.08. The topological polar surface area (TPSA) is 59.8 Å². The molecule has 4 aromatic rings. The molecular weight excluding hydrogens is 388 g/mol. The number of carbonyl (C=O) groups excluding carboxylic acids is 1. The van der Waals surface area contributed by atoms with E-state index in [1.54, 1.807) is 22.2 Å². The van der Waals surface area contributed by atoms with Gasteiger partial charge in [0.2, 0.25) is 0 Å². The number of thiophene rings is 1. The number of nitrogens with zero attached hydrogens (tertiary/aromatic N) is 3. The van der Waals surface area contributed by atoms with Gasteiger partial charge in [0, 0.05) is 17.0 Å². The van der Waals surface area contributed by atoms with Crippen LogP contribution >= 0.6 is 22.7 Å². The monoisotopic (exact) mass is 408 g/mol. The third-order valence-corrected chi connectivity index (χ3v) is 6.38. The van der Waals surface area contributed by atoms with Crippen LogP contribution in [0.3, 0.4) is 0 Å². The molecule has 0 aliphatic rings. The van der Waals surface area contributed by atoms with Crippen molar-refractivity contribution in [3.63, 3.8) is 0 Å². The van der Waals surface area contributed by atoms with Gasteiger partial charge >= 0.3 is 0 Å². The summed E-state index contributed by atoms with van der Waals surface area (Å²) in [6.07, 6.45) is 2.72. The third kappa shape index (κ3) is 3.90. The average molecular weight is 409 g/mol. The van der Waals surface area contributed by atoms with E-state index in [4.69, 9.17) is 0 Å². The zero-order chi connectivity index (χ0) is 19.5. The Labute approximate surface area is 171 Å². The van der Waals surface area contributed by atoms with Crippen molar-refractivity contribution in [3.05, 3.63) is 75.1 Å². The van der Waals surface area contributed by atoms with Gasteiger partial charge in [-0.3, -0.25) is 4.79 Å². The molecule has 1 aromatic carbocycles. The van der Waals surface area contributed by atoms with Crippen molar-refractivity contribution < 1.29 is 4.79 Å². The van der Waals surface area contributed by atoms with Gasteiger partial charge in [-0.15, -0.1) is 11.3 Å². The maximum Gasteiger partial charge on any atom is 0.268 e. The Kier molecular flexibility index (Phi) is 5.36. The lowest BCUT2D eigenvalue weighted by Gasteiger charge is -2.09. The van der Waals surface area contributed by atoms with Gasteiger partial charge in [-0.2, -0.15) is 16.4 Å². The maximum atomic E-state index is 12.8. The summed E-state index contributed by atoms with van der Waals surface area (Å²) in [5.74, 6) is 0.522. The number of rotatable bonds is 6. The highest BCUT2D eigenvalue weighted by Gasteiger charge is 2.18. The van der Waals surface area contributed by atoms with Crippen molar-refractivity contribution in [2.75, 3.05) is 5.32 Å². The van der Waals surface area contributed by atoms with E-state index in [2.05, 4.69) is 46.6 Å². The van der Waals surface area contributed by atoms with Crippen molar-refractivity contribution in [3.8, 4) is 10.6 Å². The fourth-order valence-electron chi connectivity index (χ4n) is 2.91. The highest BCUT2D eigenvalue weighted by atomic mass is 32.1. The predicted octanol–water partition coefficient (Wildman–Crippen LogP) is 5.24. The van der Waals surface area contributed by atoms with Gasteiger partial charge in [0.1, 0.15) is 15.7 Å². The van der Waals surface area contributed by atoms with Crippen LogP contribution < -0.4 is 5.32 Å². The first-order chi connectivity index (χ1) is 13.6. The number of nitrogens with one attached hydrogen (secondary N) is 1. The van der Waals surface area contributed by atoms with Crippen LogP contribution in [0.4, 0.5) is 5.82 Å². The minimum absolute atomic E-state index is 0.153. The molecule has 0 fully saturated rings. The number of hydrogen-bond acceptors (Lipinski definition) is 5. The van der Waals surface area contributed by atoms with Gasteiger partial charge in [0.15, 0.2) is 0 Å². The lowest BCUT2D eigenvalue weighted by Crippen LogP contribution is -2.16. The Hall–Kier alpha value is -2.77. The van der Waals surface area contributed by atoms with Gasteiger partial charge < -0.3 is 5.32 Å². The molecule has 5 nitrogen and oxygen atoms in total. The summed E-state index contributed by atoms with van der Waals surface area (Å²) in [5.41, 5.74) is 4.24. The highest BCUT2D eigenvalue weighted by Crippen LogP contribution is 2.30. The van der Waals surface area contributed by atoms with E-state index in [1.807, 2.05) is 29.8 Å². The molecular formula is C21H20N4OS2. The quantitative estimate of drug-likeness (QED) is 0.475. The van der Waals surface area contributed by atoms with E-state index in [0.717, 1.165) is 28.2 Å². The normalized spacial score (nSPS) is 10.9. The second-order valence-corrected chi connectivity index (χ2v) is 8.22. The lowest BCUT2D eigenvalue weighted by molar-refractivity contribution is 0.102. The van der Waals surface area contributed by atoms with Crippen molar-refractivity contribution in [2.24, 2.45) is 0 Å². The van der Waals surface area contributed by atoms with Crippen LogP contribution in [0, 0.1) is 6.92 Å². The standard InChI is InChI=1S/C21H20N4OS2/c1-3-15-4-6-16(7-5-15)12-25-18(8-10-22-25)24-20(26)19-14(2)23-21(28-19)17-9-11-27-13-17/h4-11,13H,3,12H2,1-2H3,(H,24,26). The second-order valence-electron chi connectivity index (χ2n) is 6.44. The Balaban J connectivity index is 1.50. The van der Waals surface area contributed by atoms with Crippen molar-refractivity contribution in [1.82, 2.24) is 14.8 Å². The van der Waals surface area contributed by atoms with Crippen LogP contribution in [0.25, 0.3) is 10.6 Å². The molecule has 28 heavy (non-hydrogen) atoms. The first kappa shape index (κ1) is 18.6. The number of carbonyl (C=O) groups is 1. The molecule has 0 aliphatic heterocycles. The molecule has 0 saturated carbocycles. The molecule has 7 heteroatoms. The van der Waals surface area contributed by atoms with E-state index in [9.17, 15) is 4.79 Å². The Bertz CT molecular complexity index is 1080. The molecule has 3 heterocycles. The zero-order valence-corrected chi connectivity index (χ0v) is 17.3. The van der Waals surface area contributed by atoms with Crippen molar-refractivity contribution >= 4 is 34.4 Å². The fourth-order valence-corrected chi connectivity index (χ4v) is 4.58. The molecule has 0 bridgehead atoms. The van der Waals surface area contributed by atoms with Gasteiger partial charge in [-0.1, -0.05) is 31.2 Å². The molecule has 4 rings (SSSR count). The van der Waals surface area contributed by atoms with Crippen LogP contribution in [0.1, 0.15) is 33.4 Å². The number of thiazole rings is 1. The summed E-state index contributed by atoms with van der Waals surface area (Å²) in [4.78, 5) is 18.0. The SMILES string of the molecule is CCc1ccc(Cn2nccc2NC(=O)c2sc(-c3ccsc3)nc2C)cc1. The number of benzene rings is 1. The number of amides is 1. The molecule has 0 unspecified atom stereocenters. The molecule has 0 spiro atoms. The summed E-state index contributed by atoms with van der Waals surface area (Å²) >= 11 is 3.04. The highest BCUT2D eigenvalue weighted by molar-refractivity contribution is 7.17. The maximum absolute atomic E-state index is 12.8. The molecule has 1 amide bonds. The Morgan fingerprint density at radius 2 is 1.93 bits per heavy atom. The van der Waals surface area contributed by atoms with Crippen LogP contribution in [0.2, 0.25) is 0 Å². The minimum Gasteiger partial charge on any atom is -0.306 e. The van der Waals surface area contributed by atoms with Crippen LogP contribution in [0.15, 0.2) is 53.4 Å². The molecule has 0 atom stereocenters. The van der Waals surface area contributed by atoms with E-state index >= 15 is 0 Å². The zero-order valence-electron chi connectivity index (χ0n) is 15.7. The summed E-state index contributed by atoms with van der Waals surface area (Å²) in [6, 6.07) is 12.3. The average Bonchev–Trinajstić information content (AvgIpc) is 3.44. The van der Waals surface area contributed by atoms with E-state index in [0.29, 0.717) is 17.2 Å². The Morgan fingerprint density at radius 1 is 1.14 bits per heavy atom. The fraction of sp³-hybridized carbons (Fsp3) is 0.190. The van der Waals surface area contributed by atoms with Crippen LogP contribution in [0.5, 0.6) is 0 Å². The molecule has 3 aromatic heterocycles. The van der Waals surface area contributed by atoms with Gasteiger partial charge in [-0.25, -0.2) is 9.67 Å². The van der Waals surface area contributed by atoms with Crippen LogP contribution in [-0.4, -0.2) is 20.7 Å². The van der Waals surface area contributed by atoms with Crippen LogP contribution in [-0.2, 0) is 13.0 Å². The smallest absolute Gasteiger partial charge is 0.268 e. The largest absolute Gasteiger partial charge is 0.306 e. The Morgan fingerprint density at radius 3 is 2.64 bits per heavy atom. The number of hydrogen-bond donors (Lipinski definition) is 1.